The monoisotopic (exact) mass is 471 g/mol. The predicted molar refractivity (Wildman–Crippen MR) is 126 cm³/mol. The van der Waals surface area contributed by atoms with Crippen LogP contribution in [-0.4, -0.2) is 54.2 Å². The van der Waals surface area contributed by atoms with Crippen molar-refractivity contribution in [1.82, 2.24) is 10.6 Å². The highest BCUT2D eigenvalue weighted by Gasteiger charge is 2.30. The molecule has 0 aliphatic carbocycles. The molecule has 0 heterocycles. The van der Waals surface area contributed by atoms with E-state index in [0.717, 1.165) is 5.56 Å². The van der Waals surface area contributed by atoms with Crippen LogP contribution in [0.3, 0.4) is 0 Å². The third-order valence-electron chi connectivity index (χ3n) is 4.98. The Morgan fingerprint density at radius 2 is 1.66 bits per heavy atom. The van der Waals surface area contributed by atoms with Crippen molar-refractivity contribution in [1.29, 1.82) is 0 Å². The highest BCUT2D eigenvalue weighted by molar-refractivity contribution is 5.91. The second-order valence-corrected chi connectivity index (χ2v) is 8.63. The van der Waals surface area contributed by atoms with Crippen molar-refractivity contribution in [3.63, 3.8) is 0 Å². The number of halogens is 1. The number of aliphatic hydroxyl groups excluding tert-OH is 1. The number of nitrogens with one attached hydrogen (secondary N) is 2. The van der Waals surface area contributed by atoms with Gasteiger partial charge in [0.05, 0.1) is 19.6 Å². The van der Waals surface area contributed by atoms with E-state index in [0.29, 0.717) is 12.3 Å². The van der Waals surface area contributed by atoms with Crippen molar-refractivity contribution in [2.45, 2.75) is 71.2 Å². The predicted octanol–water partition coefficient (Wildman–Crippen LogP) is 1.57. The first-order chi connectivity index (χ1) is 14.5. The quantitative estimate of drug-likeness (QED) is 0.342. The Kier molecular flexibility index (Phi) is 13.8. The van der Waals surface area contributed by atoms with Crippen LogP contribution in [-0.2, 0) is 25.5 Å². The number of rotatable bonds is 12. The minimum absolute atomic E-state index is 0. The summed E-state index contributed by atoms with van der Waals surface area (Å²) in [5.74, 6) is -1.47. The summed E-state index contributed by atoms with van der Waals surface area (Å²) in [6, 6.07) is 6.98. The number of nitrogens with two attached hydrogens (primary N) is 1. The molecule has 0 aliphatic rings. The molecular weight excluding hydrogens is 434 g/mol. The first kappa shape index (κ1) is 29.8. The van der Waals surface area contributed by atoms with E-state index in [2.05, 4.69) is 10.6 Å². The van der Waals surface area contributed by atoms with Crippen LogP contribution in [0.5, 0.6) is 0 Å². The smallest absolute Gasteiger partial charge is 0.328 e. The molecule has 0 spiro atoms. The number of benzene rings is 1. The SMILES string of the molecule is COC(=O)[C@H](Cc1ccccc1)NC(=O)[C@@H](NC(=O)C[C@H](O)[C@@H](N)CC(C)C)C(C)C.Cl. The van der Waals surface area contributed by atoms with Crippen molar-refractivity contribution in [3.8, 4) is 0 Å². The number of methoxy groups -OCH3 is 1. The number of carbonyl (C=O) groups excluding carboxylic acids is 3. The van der Waals surface area contributed by atoms with E-state index in [1.54, 1.807) is 13.8 Å². The van der Waals surface area contributed by atoms with Crippen molar-refractivity contribution >= 4 is 30.2 Å². The summed E-state index contributed by atoms with van der Waals surface area (Å²) in [5, 5.41) is 15.5. The van der Waals surface area contributed by atoms with E-state index >= 15 is 0 Å². The molecule has 0 bridgehead atoms. The Morgan fingerprint density at radius 3 is 2.16 bits per heavy atom. The molecule has 4 atom stereocenters. The number of amides is 2. The zero-order valence-corrected chi connectivity index (χ0v) is 20.4. The first-order valence-electron chi connectivity index (χ1n) is 10.7. The van der Waals surface area contributed by atoms with Gasteiger partial charge >= 0.3 is 5.97 Å². The van der Waals surface area contributed by atoms with Gasteiger partial charge in [0.25, 0.3) is 0 Å². The van der Waals surface area contributed by atoms with Gasteiger partial charge in [-0.3, -0.25) is 9.59 Å². The molecule has 0 aliphatic heterocycles. The van der Waals surface area contributed by atoms with Crippen LogP contribution in [0.15, 0.2) is 30.3 Å². The highest BCUT2D eigenvalue weighted by Crippen LogP contribution is 2.11. The van der Waals surface area contributed by atoms with Gasteiger partial charge in [-0.05, 0) is 23.8 Å². The van der Waals surface area contributed by atoms with E-state index in [-0.39, 0.29) is 31.2 Å². The minimum atomic E-state index is -1.00. The molecule has 0 radical (unpaired) electrons. The van der Waals surface area contributed by atoms with Gasteiger partial charge in [0.2, 0.25) is 11.8 Å². The van der Waals surface area contributed by atoms with Crippen LogP contribution in [0.2, 0.25) is 0 Å². The van der Waals surface area contributed by atoms with Crippen molar-refractivity contribution in [2.75, 3.05) is 7.11 Å². The van der Waals surface area contributed by atoms with Crippen LogP contribution in [0, 0.1) is 11.8 Å². The fraction of sp³-hybridized carbons (Fsp3) is 0.609. The van der Waals surface area contributed by atoms with Gasteiger partial charge in [-0.2, -0.15) is 0 Å². The molecule has 0 saturated heterocycles. The molecule has 1 aromatic carbocycles. The van der Waals surface area contributed by atoms with Crippen LogP contribution < -0.4 is 16.4 Å². The molecule has 0 aromatic heterocycles. The molecule has 1 rings (SSSR count). The summed E-state index contributed by atoms with van der Waals surface area (Å²) >= 11 is 0. The fourth-order valence-corrected chi connectivity index (χ4v) is 3.26. The Morgan fingerprint density at radius 1 is 1.06 bits per heavy atom. The number of ether oxygens (including phenoxy) is 1. The third kappa shape index (κ3) is 10.4. The van der Waals surface area contributed by atoms with Gasteiger partial charge in [-0.25, -0.2) is 4.79 Å². The van der Waals surface area contributed by atoms with E-state index in [1.165, 1.54) is 7.11 Å². The van der Waals surface area contributed by atoms with Gasteiger partial charge in [0, 0.05) is 12.5 Å². The summed E-state index contributed by atoms with van der Waals surface area (Å²) in [7, 11) is 1.26. The van der Waals surface area contributed by atoms with Crippen LogP contribution in [0.25, 0.3) is 0 Å². The Balaban J connectivity index is 0.00000961. The van der Waals surface area contributed by atoms with Crippen LogP contribution >= 0.6 is 12.4 Å². The van der Waals surface area contributed by atoms with Gasteiger partial charge in [0.15, 0.2) is 0 Å². The lowest BCUT2D eigenvalue weighted by molar-refractivity contribution is -0.145. The molecule has 5 N–H and O–H groups in total. The van der Waals surface area contributed by atoms with E-state index in [9.17, 15) is 19.5 Å². The second-order valence-electron chi connectivity index (χ2n) is 8.63. The molecule has 0 unspecified atom stereocenters. The number of carbonyl (C=O) groups is 3. The van der Waals surface area contributed by atoms with E-state index in [1.807, 2.05) is 44.2 Å². The average molecular weight is 472 g/mol. The zero-order valence-electron chi connectivity index (χ0n) is 19.5. The standard InChI is InChI=1S/C23H37N3O5.ClH/c1-14(2)11-17(24)19(27)13-20(28)26-21(15(3)4)22(29)25-18(23(30)31-5)12-16-9-7-6-8-10-16;/h6-10,14-15,17-19,21,27H,11-13,24H2,1-5H3,(H,25,29)(H,26,28);1H/t17-,18-,19-,21-;/m0./s1. The Hall–Kier alpha value is -2.16. The first-order valence-corrected chi connectivity index (χ1v) is 10.7. The largest absolute Gasteiger partial charge is 0.467 e. The Bertz CT molecular complexity index is 715. The summed E-state index contributed by atoms with van der Waals surface area (Å²) in [4.78, 5) is 37.5. The van der Waals surface area contributed by atoms with Crippen molar-refractivity contribution in [3.05, 3.63) is 35.9 Å². The van der Waals surface area contributed by atoms with E-state index < -0.39 is 42.0 Å². The molecule has 8 nitrogen and oxygen atoms in total. The van der Waals surface area contributed by atoms with Gasteiger partial charge in [-0.1, -0.05) is 58.0 Å². The van der Waals surface area contributed by atoms with Crippen molar-refractivity contribution in [2.24, 2.45) is 17.6 Å². The normalized spacial score (nSPS) is 14.7. The maximum Gasteiger partial charge on any atom is 0.328 e. The third-order valence-corrected chi connectivity index (χ3v) is 4.98. The van der Waals surface area contributed by atoms with E-state index in [4.69, 9.17) is 10.5 Å². The average Bonchev–Trinajstić information content (AvgIpc) is 2.70. The lowest BCUT2D eigenvalue weighted by Gasteiger charge is -2.26. The number of esters is 1. The molecule has 0 saturated carbocycles. The fourth-order valence-electron chi connectivity index (χ4n) is 3.26. The molecule has 9 heteroatoms. The summed E-state index contributed by atoms with van der Waals surface area (Å²) < 4.78 is 4.83. The molecular formula is C23H38ClN3O5. The Labute approximate surface area is 197 Å². The molecule has 1 aromatic rings. The van der Waals surface area contributed by atoms with Gasteiger partial charge < -0.3 is 26.2 Å². The molecule has 32 heavy (non-hydrogen) atoms. The molecule has 2 amide bonds. The minimum Gasteiger partial charge on any atom is -0.467 e. The summed E-state index contributed by atoms with van der Waals surface area (Å²) in [5.41, 5.74) is 6.81. The highest BCUT2D eigenvalue weighted by atomic mass is 35.5. The van der Waals surface area contributed by atoms with Gasteiger partial charge in [0.1, 0.15) is 12.1 Å². The lowest BCUT2D eigenvalue weighted by Crippen LogP contribution is -2.55. The zero-order chi connectivity index (χ0) is 23.6. The topological polar surface area (TPSA) is 131 Å². The van der Waals surface area contributed by atoms with Crippen molar-refractivity contribution < 1.29 is 24.2 Å². The summed E-state index contributed by atoms with van der Waals surface area (Å²) in [6.07, 6.45) is -0.350. The van der Waals surface area contributed by atoms with Crippen LogP contribution in [0.4, 0.5) is 0 Å². The molecule has 0 fully saturated rings. The van der Waals surface area contributed by atoms with Gasteiger partial charge in [-0.15, -0.1) is 12.4 Å². The maximum atomic E-state index is 12.9. The second kappa shape index (κ2) is 14.8. The summed E-state index contributed by atoms with van der Waals surface area (Å²) in [6.45, 7) is 7.55. The lowest BCUT2D eigenvalue weighted by atomic mass is 9.97. The number of hydrogen-bond donors (Lipinski definition) is 4. The molecule has 182 valence electrons. The maximum absolute atomic E-state index is 12.9. The number of aliphatic hydroxyl groups is 1. The number of hydrogen-bond acceptors (Lipinski definition) is 6. The van der Waals surface area contributed by atoms with Crippen LogP contribution in [0.1, 0.15) is 46.1 Å².